The van der Waals surface area contributed by atoms with Gasteiger partial charge in [0.05, 0.1) is 17.6 Å². The van der Waals surface area contributed by atoms with Crippen molar-refractivity contribution in [3.63, 3.8) is 0 Å². The summed E-state index contributed by atoms with van der Waals surface area (Å²) in [5, 5.41) is 15.4. The molecule has 1 aromatic heterocycles. The summed E-state index contributed by atoms with van der Waals surface area (Å²) in [5.41, 5.74) is 2.85. The van der Waals surface area contributed by atoms with E-state index < -0.39 is 10.9 Å². The minimum Gasteiger partial charge on any atom is -0.461 e. The maximum absolute atomic E-state index is 12.6. The van der Waals surface area contributed by atoms with E-state index in [1.54, 1.807) is 19.1 Å². The zero-order chi connectivity index (χ0) is 20.3. The number of non-ortho nitro benzene ring substituents is 1. The van der Waals surface area contributed by atoms with Gasteiger partial charge in [0, 0.05) is 34.6 Å². The Morgan fingerprint density at radius 2 is 1.86 bits per heavy atom. The Labute approximate surface area is 162 Å². The van der Waals surface area contributed by atoms with Crippen molar-refractivity contribution in [1.29, 1.82) is 0 Å². The summed E-state index contributed by atoms with van der Waals surface area (Å²) in [7, 11) is 0. The van der Waals surface area contributed by atoms with Gasteiger partial charge in [-0.1, -0.05) is 30.3 Å². The lowest BCUT2D eigenvalue weighted by Crippen LogP contribution is -2.30. The van der Waals surface area contributed by atoms with Crippen LogP contribution >= 0.6 is 0 Å². The van der Waals surface area contributed by atoms with Crippen LogP contribution in [0, 0.1) is 10.1 Å². The summed E-state index contributed by atoms with van der Waals surface area (Å²) in [6.45, 7) is 6.06. The second kappa shape index (κ2) is 8.22. The molecule has 1 heterocycles. The van der Waals surface area contributed by atoms with Crippen LogP contribution in [0.15, 0.2) is 48.5 Å². The second-order valence-corrected chi connectivity index (χ2v) is 6.78. The normalized spacial score (nSPS) is 12.3. The van der Waals surface area contributed by atoms with Gasteiger partial charge in [-0.05, 0) is 32.4 Å². The van der Waals surface area contributed by atoms with Crippen molar-refractivity contribution >= 4 is 22.6 Å². The molecule has 7 nitrogen and oxygen atoms in total. The number of nitro groups is 1. The van der Waals surface area contributed by atoms with Crippen LogP contribution in [0.1, 0.15) is 48.4 Å². The van der Waals surface area contributed by atoms with Crippen molar-refractivity contribution in [1.82, 2.24) is 10.3 Å². The predicted octanol–water partition coefficient (Wildman–Crippen LogP) is 4.34. The fourth-order valence-electron chi connectivity index (χ4n) is 3.30. The monoisotopic (exact) mass is 381 g/mol. The van der Waals surface area contributed by atoms with E-state index >= 15 is 0 Å². The molecule has 1 atom stereocenters. The van der Waals surface area contributed by atoms with Gasteiger partial charge < -0.3 is 15.0 Å². The molecule has 2 N–H and O–H groups in total. The molecule has 28 heavy (non-hydrogen) atoms. The van der Waals surface area contributed by atoms with Crippen LogP contribution < -0.4 is 5.32 Å². The summed E-state index contributed by atoms with van der Waals surface area (Å²) in [5.74, 6) is -0.425. The summed E-state index contributed by atoms with van der Waals surface area (Å²) >= 11 is 0. The van der Waals surface area contributed by atoms with Crippen molar-refractivity contribution in [3.05, 3.63) is 75.5 Å². The van der Waals surface area contributed by atoms with Crippen LogP contribution in [0.4, 0.5) is 5.69 Å². The van der Waals surface area contributed by atoms with Gasteiger partial charge >= 0.3 is 5.97 Å². The maximum Gasteiger partial charge on any atom is 0.355 e. The Bertz CT molecular complexity index is 993. The Balaban J connectivity index is 2.19. The number of carbonyl (C=O) groups is 1. The minimum absolute atomic E-state index is 0.0246. The van der Waals surface area contributed by atoms with Crippen molar-refractivity contribution in [2.45, 2.75) is 32.9 Å². The standard InChI is InChI=1S/C21H23N3O4/c1-4-28-21(25)20-18(16-7-5-6-8-17(16)23-20)19(22-13(2)3)14-9-11-15(12-10-14)24(26)27/h5-13,19,22-23H,4H2,1-3H3. The van der Waals surface area contributed by atoms with Crippen LogP contribution in [-0.4, -0.2) is 28.5 Å². The molecule has 0 amide bonds. The van der Waals surface area contributed by atoms with Crippen LogP contribution in [0.2, 0.25) is 0 Å². The highest BCUT2D eigenvalue weighted by Crippen LogP contribution is 2.34. The van der Waals surface area contributed by atoms with Gasteiger partial charge in [0.1, 0.15) is 5.69 Å². The topological polar surface area (TPSA) is 97.3 Å². The van der Waals surface area contributed by atoms with Gasteiger partial charge in [-0.2, -0.15) is 0 Å². The molecule has 0 aliphatic rings. The molecular weight excluding hydrogens is 358 g/mol. The highest BCUT2D eigenvalue weighted by molar-refractivity contribution is 5.99. The van der Waals surface area contributed by atoms with E-state index in [2.05, 4.69) is 10.3 Å². The maximum atomic E-state index is 12.6. The number of aromatic amines is 1. The molecule has 0 spiro atoms. The third-order valence-corrected chi connectivity index (χ3v) is 4.45. The fourth-order valence-corrected chi connectivity index (χ4v) is 3.30. The number of nitrogens with zero attached hydrogens (tertiary/aromatic N) is 1. The number of nitrogens with one attached hydrogen (secondary N) is 2. The third kappa shape index (κ3) is 3.89. The SMILES string of the molecule is CCOC(=O)c1[nH]c2ccccc2c1C(NC(C)C)c1ccc([N+](=O)[O-])cc1. The Kier molecular flexibility index (Phi) is 5.75. The molecule has 1 unspecified atom stereocenters. The van der Waals surface area contributed by atoms with Crippen molar-refractivity contribution < 1.29 is 14.5 Å². The average molecular weight is 381 g/mol. The van der Waals surface area contributed by atoms with Crippen LogP contribution in [0.25, 0.3) is 10.9 Å². The van der Waals surface area contributed by atoms with Gasteiger partial charge in [0.15, 0.2) is 0 Å². The molecule has 0 radical (unpaired) electrons. The first kappa shape index (κ1) is 19.6. The number of aromatic nitrogens is 1. The molecule has 0 saturated heterocycles. The molecule has 0 fully saturated rings. The number of esters is 1. The highest BCUT2D eigenvalue weighted by Gasteiger charge is 2.27. The number of hydrogen-bond donors (Lipinski definition) is 2. The summed E-state index contributed by atoms with van der Waals surface area (Å²) < 4.78 is 5.25. The number of para-hydroxylation sites is 1. The lowest BCUT2D eigenvalue weighted by molar-refractivity contribution is -0.384. The predicted molar refractivity (Wildman–Crippen MR) is 107 cm³/mol. The first-order valence-corrected chi connectivity index (χ1v) is 9.20. The van der Waals surface area contributed by atoms with Gasteiger partial charge in [-0.3, -0.25) is 10.1 Å². The van der Waals surface area contributed by atoms with E-state index in [1.807, 2.05) is 38.1 Å². The third-order valence-electron chi connectivity index (χ3n) is 4.45. The lowest BCUT2D eigenvalue weighted by atomic mass is 9.94. The molecule has 3 rings (SSSR count). The number of rotatable bonds is 7. The van der Waals surface area contributed by atoms with Crippen LogP contribution in [0.5, 0.6) is 0 Å². The zero-order valence-electron chi connectivity index (χ0n) is 16.1. The second-order valence-electron chi connectivity index (χ2n) is 6.78. The number of H-pyrrole nitrogens is 1. The van der Waals surface area contributed by atoms with Gasteiger partial charge in [0.2, 0.25) is 0 Å². The minimum atomic E-state index is -0.426. The fraction of sp³-hybridized carbons (Fsp3) is 0.286. The Morgan fingerprint density at radius 3 is 2.46 bits per heavy atom. The first-order valence-electron chi connectivity index (χ1n) is 9.20. The van der Waals surface area contributed by atoms with E-state index in [0.29, 0.717) is 5.69 Å². The molecule has 0 aliphatic heterocycles. The number of carbonyl (C=O) groups excluding carboxylic acids is 1. The van der Waals surface area contributed by atoms with Crippen molar-refractivity contribution in [3.8, 4) is 0 Å². The highest BCUT2D eigenvalue weighted by atomic mass is 16.6. The Hall–Kier alpha value is -3.19. The number of benzene rings is 2. The first-order chi connectivity index (χ1) is 13.4. The molecule has 2 aromatic carbocycles. The largest absolute Gasteiger partial charge is 0.461 e. The smallest absolute Gasteiger partial charge is 0.355 e. The van der Waals surface area contributed by atoms with E-state index in [0.717, 1.165) is 22.0 Å². The van der Waals surface area contributed by atoms with E-state index in [-0.39, 0.29) is 24.4 Å². The average Bonchev–Trinajstić information content (AvgIpc) is 3.06. The quantitative estimate of drug-likeness (QED) is 0.360. The molecule has 7 heteroatoms. The van der Waals surface area contributed by atoms with E-state index in [9.17, 15) is 14.9 Å². The Morgan fingerprint density at radius 1 is 1.18 bits per heavy atom. The van der Waals surface area contributed by atoms with Crippen LogP contribution in [0.3, 0.4) is 0 Å². The summed E-state index contributed by atoms with van der Waals surface area (Å²) in [4.78, 5) is 26.4. The molecule has 146 valence electrons. The summed E-state index contributed by atoms with van der Waals surface area (Å²) in [6.07, 6.45) is 0. The van der Waals surface area contributed by atoms with E-state index in [1.165, 1.54) is 12.1 Å². The van der Waals surface area contributed by atoms with Crippen molar-refractivity contribution in [2.75, 3.05) is 6.61 Å². The number of fused-ring (bicyclic) bond motifs is 1. The van der Waals surface area contributed by atoms with Crippen LogP contribution in [-0.2, 0) is 4.74 Å². The molecule has 0 aliphatic carbocycles. The zero-order valence-corrected chi connectivity index (χ0v) is 16.1. The molecule has 3 aromatic rings. The van der Waals surface area contributed by atoms with Gasteiger partial charge in [0.25, 0.3) is 5.69 Å². The van der Waals surface area contributed by atoms with E-state index in [4.69, 9.17) is 4.74 Å². The molecule has 0 saturated carbocycles. The van der Waals surface area contributed by atoms with Crippen molar-refractivity contribution in [2.24, 2.45) is 0 Å². The van der Waals surface area contributed by atoms with Gasteiger partial charge in [-0.25, -0.2) is 4.79 Å². The number of ether oxygens (including phenoxy) is 1. The lowest BCUT2D eigenvalue weighted by Gasteiger charge is -2.23. The molecular formula is C21H23N3O4. The number of nitro benzene ring substituents is 1. The number of hydrogen-bond acceptors (Lipinski definition) is 5. The molecule has 0 bridgehead atoms. The van der Waals surface area contributed by atoms with Gasteiger partial charge in [-0.15, -0.1) is 0 Å². The summed E-state index contributed by atoms with van der Waals surface area (Å²) in [6, 6.07) is 13.8.